The molecule has 7 heteroatoms. The van der Waals surface area contributed by atoms with E-state index in [0.29, 0.717) is 27.5 Å². The smallest absolute Gasteiger partial charge is 0.260 e. The van der Waals surface area contributed by atoms with Crippen LogP contribution >= 0.6 is 11.6 Å². The molecule has 0 aliphatic rings. The number of pyridine rings is 1. The van der Waals surface area contributed by atoms with Crippen LogP contribution in [0.25, 0.3) is 5.52 Å². The number of carbonyl (C=O) groups is 2. The molecule has 0 fully saturated rings. The first-order chi connectivity index (χ1) is 14.5. The Balaban J connectivity index is 1.83. The number of para-hydroxylation sites is 1. The van der Waals surface area contributed by atoms with Gasteiger partial charge in [0.2, 0.25) is 5.78 Å². The predicted molar refractivity (Wildman–Crippen MR) is 118 cm³/mol. The van der Waals surface area contributed by atoms with Crippen molar-refractivity contribution in [2.75, 3.05) is 18.2 Å². The number of anilines is 2. The average Bonchev–Trinajstić information content (AvgIpc) is 3.06. The normalized spacial score (nSPS) is 10.7. The third-order valence-corrected chi connectivity index (χ3v) is 5.11. The van der Waals surface area contributed by atoms with Gasteiger partial charge in [0.15, 0.2) is 0 Å². The number of nitrogens with one attached hydrogen (secondary N) is 1. The highest BCUT2D eigenvalue weighted by molar-refractivity contribution is 6.34. The van der Waals surface area contributed by atoms with Crippen molar-refractivity contribution in [3.63, 3.8) is 0 Å². The summed E-state index contributed by atoms with van der Waals surface area (Å²) in [5.74, 6) is -0.213. The average molecular weight is 420 g/mol. The zero-order valence-electron chi connectivity index (χ0n) is 16.1. The van der Waals surface area contributed by atoms with Crippen molar-refractivity contribution in [1.29, 1.82) is 0 Å². The zero-order valence-corrected chi connectivity index (χ0v) is 16.8. The van der Waals surface area contributed by atoms with E-state index in [0.717, 1.165) is 0 Å². The number of nitrogens with zero attached hydrogens (tertiary/aromatic N) is 1. The number of fused-ring (bicyclic) bond motifs is 1. The van der Waals surface area contributed by atoms with Gasteiger partial charge in [0.25, 0.3) is 5.91 Å². The molecule has 30 heavy (non-hydrogen) atoms. The standard InChI is InChI=1S/C23H18ClN3O3/c1-30-15-8-6-7-14(13-15)22(28)21-20(25)19(18-11-4-5-12-27(18)21)23(29)26-17-10-3-2-9-16(17)24/h2-13H,25H2,1H3,(H,26,29). The third kappa shape index (κ3) is 3.38. The number of nitrogen functional groups attached to an aromatic ring is 1. The molecule has 4 aromatic rings. The lowest BCUT2D eigenvalue weighted by Gasteiger charge is -2.07. The number of hydrogen-bond acceptors (Lipinski definition) is 4. The molecule has 2 aromatic carbocycles. The summed E-state index contributed by atoms with van der Waals surface area (Å²) in [6, 6.07) is 19.0. The second-order valence-electron chi connectivity index (χ2n) is 6.59. The summed E-state index contributed by atoms with van der Waals surface area (Å²) < 4.78 is 6.84. The van der Waals surface area contributed by atoms with Crippen molar-refractivity contribution >= 4 is 40.2 Å². The molecule has 2 aromatic heterocycles. The van der Waals surface area contributed by atoms with Crippen molar-refractivity contribution in [3.8, 4) is 5.75 Å². The maximum Gasteiger partial charge on any atom is 0.260 e. The van der Waals surface area contributed by atoms with Crippen LogP contribution in [0.4, 0.5) is 11.4 Å². The fraction of sp³-hybridized carbons (Fsp3) is 0.0435. The first-order valence-corrected chi connectivity index (χ1v) is 9.52. The van der Waals surface area contributed by atoms with E-state index >= 15 is 0 Å². The monoisotopic (exact) mass is 419 g/mol. The van der Waals surface area contributed by atoms with Crippen LogP contribution in [-0.2, 0) is 0 Å². The first-order valence-electron chi connectivity index (χ1n) is 9.14. The Morgan fingerprint density at radius 2 is 1.80 bits per heavy atom. The van der Waals surface area contributed by atoms with Gasteiger partial charge in [-0.15, -0.1) is 0 Å². The van der Waals surface area contributed by atoms with E-state index in [9.17, 15) is 9.59 Å². The molecule has 0 spiro atoms. The molecule has 4 rings (SSSR count). The number of nitrogens with two attached hydrogens (primary N) is 1. The Morgan fingerprint density at radius 1 is 1.03 bits per heavy atom. The Hall–Kier alpha value is -3.77. The molecule has 0 aliphatic carbocycles. The number of rotatable bonds is 5. The SMILES string of the molecule is COc1cccc(C(=O)c2c(N)c(C(=O)Nc3ccccc3Cl)c3ccccn23)c1. The Morgan fingerprint density at radius 3 is 2.57 bits per heavy atom. The highest BCUT2D eigenvalue weighted by Crippen LogP contribution is 2.30. The van der Waals surface area contributed by atoms with Gasteiger partial charge in [-0.3, -0.25) is 9.59 Å². The summed E-state index contributed by atoms with van der Waals surface area (Å²) >= 11 is 6.16. The van der Waals surface area contributed by atoms with Crippen LogP contribution in [0, 0.1) is 0 Å². The number of carbonyl (C=O) groups excluding carboxylic acids is 2. The van der Waals surface area contributed by atoms with E-state index in [1.807, 2.05) is 0 Å². The molecule has 6 nitrogen and oxygen atoms in total. The Labute approximate surface area is 177 Å². The van der Waals surface area contributed by atoms with Crippen LogP contribution in [0.2, 0.25) is 5.02 Å². The maximum absolute atomic E-state index is 13.3. The lowest BCUT2D eigenvalue weighted by atomic mass is 10.1. The molecule has 0 unspecified atom stereocenters. The highest BCUT2D eigenvalue weighted by Gasteiger charge is 2.26. The van der Waals surface area contributed by atoms with E-state index in [1.165, 1.54) is 7.11 Å². The molecule has 1 amide bonds. The second kappa shape index (κ2) is 7.93. The largest absolute Gasteiger partial charge is 0.497 e. The summed E-state index contributed by atoms with van der Waals surface area (Å²) in [5.41, 5.74) is 8.25. The molecule has 0 atom stereocenters. The minimum atomic E-state index is -0.450. The minimum Gasteiger partial charge on any atom is -0.497 e. The van der Waals surface area contributed by atoms with E-state index < -0.39 is 5.91 Å². The van der Waals surface area contributed by atoms with Crippen molar-refractivity contribution in [3.05, 3.63) is 94.8 Å². The van der Waals surface area contributed by atoms with E-state index in [2.05, 4.69) is 5.32 Å². The predicted octanol–water partition coefficient (Wildman–Crippen LogP) is 4.67. The second-order valence-corrected chi connectivity index (χ2v) is 7.00. The summed E-state index contributed by atoms with van der Waals surface area (Å²) in [7, 11) is 1.53. The van der Waals surface area contributed by atoms with E-state index in [4.69, 9.17) is 22.1 Å². The highest BCUT2D eigenvalue weighted by atomic mass is 35.5. The quantitative estimate of drug-likeness (QED) is 0.460. The minimum absolute atomic E-state index is 0.0959. The Kier molecular flexibility index (Phi) is 5.16. The number of benzene rings is 2. The van der Waals surface area contributed by atoms with Gasteiger partial charge >= 0.3 is 0 Å². The van der Waals surface area contributed by atoms with Gasteiger partial charge < -0.3 is 20.2 Å². The summed E-state index contributed by atoms with van der Waals surface area (Å²) in [6.45, 7) is 0. The van der Waals surface area contributed by atoms with Crippen LogP contribution < -0.4 is 15.8 Å². The molecule has 0 saturated carbocycles. The number of ketones is 1. The fourth-order valence-corrected chi connectivity index (χ4v) is 3.53. The van der Waals surface area contributed by atoms with Crippen LogP contribution in [0.15, 0.2) is 72.9 Å². The zero-order chi connectivity index (χ0) is 21.3. The van der Waals surface area contributed by atoms with Crippen molar-refractivity contribution in [2.45, 2.75) is 0 Å². The topological polar surface area (TPSA) is 85.8 Å². The van der Waals surface area contributed by atoms with Gasteiger partial charge in [-0.2, -0.15) is 0 Å². The Bertz CT molecular complexity index is 1280. The molecule has 0 aliphatic heterocycles. The van der Waals surface area contributed by atoms with Crippen molar-refractivity contribution in [1.82, 2.24) is 4.40 Å². The van der Waals surface area contributed by atoms with Crippen LogP contribution in [-0.4, -0.2) is 23.2 Å². The van der Waals surface area contributed by atoms with Crippen molar-refractivity contribution in [2.24, 2.45) is 0 Å². The van der Waals surface area contributed by atoms with Gasteiger partial charge in [0.1, 0.15) is 11.4 Å². The first kappa shape index (κ1) is 19.5. The number of ether oxygens (including phenoxy) is 1. The number of halogens is 1. The molecular formula is C23H18ClN3O3. The van der Waals surface area contributed by atoms with Gasteiger partial charge in [-0.05, 0) is 36.4 Å². The summed E-state index contributed by atoms with van der Waals surface area (Å²) in [4.78, 5) is 26.4. The van der Waals surface area contributed by atoms with Crippen LogP contribution in [0.3, 0.4) is 0 Å². The number of methoxy groups -OCH3 is 1. The fourth-order valence-electron chi connectivity index (χ4n) is 3.35. The van der Waals surface area contributed by atoms with E-state index in [1.54, 1.807) is 77.3 Å². The molecule has 0 saturated heterocycles. The van der Waals surface area contributed by atoms with Gasteiger partial charge in [0, 0.05) is 11.8 Å². The molecule has 2 heterocycles. The third-order valence-electron chi connectivity index (χ3n) is 4.78. The lowest BCUT2D eigenvalue weighted by Crippen LogP contribution is -2.14. The molecular weight excluding hydrogens is 402 g/mol. The van der Waals surface area contributed by atoms with Gasteiger partial charge in [-0.1, -0.05) is 41.9 Å². The molecule has 150 valence electrons. The van der Waals surface area contributed by atoms with Crippen LogP contribution in [0.1, 0.15) is 26.4 Å². The summed E-state index contributed by atoms with van der Waals surface area (Å²) in [5, 5.41) is 3.18. The summed E-state index contributed by atoms with van der Waals surface area (Å²) in [6.07, 6.45) is 1.70. The number of aromatic nitrogens is 1. The molecule has 0 radical (unpaired) electrons. The van der Waals surface area contributed by atoms with Gasteiger partial charge in [0.05, 0.1) is 34.6 Å². The van der Waals surface area contributed by atoms with Crippen molar-refractivity contribution < 1.29 is 14.3 Å². The van der Waals surface area contributed by atoms with E-state index in [-0.39, 0.29) is 22.7 Å². The molecule has 3 N–H and O–H groups in total. The lowest BCUT2D eigenvalue weighted by molar-refractivity contribution is 0.102. The van der Waals surface area contributed by atoms with Gasteiger partial charge in [-0.25, -0.2) is 0 Å². The number of hydrogen-bond donors (Lipinski definition) is 2. The maximum atomic E-state index is 13.3. The number of amides is 1. The van der Waals surface area contributed by atoms with Crippen LogP contribution in [0.5, 0.6) is 5.75 Å². The molecule has 0 bridgehead atoms.